The van der Waals surface area contributed by atoms with Gasteiger partial charge in [0.15, 0.2) is 0 Å². The molecule has 1 aromatic carbocycles. The quantitative estimate of drug-likeness (QED) is 0.919. The molecule has 1 aliphatic heterocycles. The lowest BCUT2D eigenvalue weighted by Gasteiger charge is -2.39. The molecule has 0 radical (unpaired) electrons. The molecule has 2 unspecified atom stereocenters. The summed E-state index contributed by atoms with van der Waals surface area (Å²) in [6, 6.07) is 7.23. The molecule has 1 saturated heterocycles. The van der Waals surface area contributed by atoms with Gasteiger partial charge in [0.1, 0.15) is 11.9 Å². The minimum atomic E-state index is -0.386. The molecule has 4 heteroatoms. The van der Waals surface area contributed by atoms with Gasteiger partial charge in [0.25, 0.3) is 0 Å². The minimum absolute atomic E-state index is 0.121. The molecule has 2 N–H and O–H groups in total. The van der Waals surface area contributed by atoms with Gasteiger partial charge in [-0.05, 0) is 31.4 Å². The predicted octanol–water partition coefficient (Wildman–Crippen LogP) is 2.65. The Morgan fingerprint density at radius 1 is 1.50 bits per heavy atom. The highest BCUT2D eigenvalue weighted by Gasteiger charge is 2.27. The number of piperidine rings is 1. The van der Waals surface area contributed by atoms with Crippen LogP contribution >= 0.6 is 0 Å². The highest BCUT2D eigenvalue weighted by atomic mass is 19.1. The number of rotatable bonds is 4. The number of nitrogens with zero attached hydrogens (tertiary/aromatic N) is 2. The third-order valence-corrected chi connectivity index (χ3v) is 4.37. The summed E-state index contributed by atoms with van der Waals surface area (Å²) in [5.74, 6) is 0.346. The molecule has 20 heavy (non-hydrogen) atoms. The van der Waals surface area contributed by atoms with Gasteiger partial charge in [0.05, 0.1) is 5.56 Å². The van der Waals surface area contributed by atoms with Crippen LogP contribution in [-0.2, 0) is 6.54 Å². The summed E-state index contributed by atoms with van der Waals surface area (Å²) in [4.78, 5) is 2.26. The van der Waals surface area contributed by atoms with E-state index in [0.29, 0.717) is 24.7 Å². The van der Waals surface area contributed by atoms with Crippen molar-refractivity contribution in [2.75, 3.05) is 13.1 Å². The second-order valence-corrected chi connectivity index (χ2v) is 5.55. The fraction of sp³-hybridized carbons (Fsp3) is 0.562. The SMILES string of the molecule is CCC1CCN(Cc2cccc(C#N)c2F)C(CN)C1. The highest BCUT2D eigenvalue weighted by Crippen LogP contribution is 2.27. The maximum Gasteiger partial charge on any atom is 0.145 e. The molecular formula is C16H22FN3. The van der Waals surface area contributed by atoms with Gasteiger partial charge in [-0.1, -0.05) is 25.5 Å². The van der Waals surface area contributed by atoms with Gasteiger partial charge in [0.2, 0.25) is 0 Å². The van der Waals surface area contributed by atoms with Crippen molar-refractivity contribution in [1.29, 1.82) is 5.26 Å². The number of nitrogens with two attached hydrogens (primary N) is 1. The maximum absolute atomic E-state index is 14.1. The first kappa shape index (κ1) is 15.0. The van der Waals surface area contributed by atoms with Crippen LogP contribution in [0.15, 0.2) is 18.2 Å². The van der Waals surface area contributed by atoms with Gasteiger partial charge in [-0.3, -0.25) is 4.90 Å². The number of nitriles is 1. The van der Waals surface area contributed by atoms with Crippen LogP contribution < -0.4 is 5.73 Å². The van der Waals surface area contributed by atoms with E-state index in [2.05, 4.69) is 11.8 Å². The highest BCUT2D eigenvalue weighted by molar-refractivity contribution is 5.34. The van der Waals surface area contributed by atoms with E-state index in [1.807, 2.05) is 6.07 Å². The first-order chi connectivity index (χ1) is 9.69. The lowest BCUT2D eigenvalue weighted by atomic mass is 9.88. The van der Waals surface area contributed by atoms with Crippen LogP contribution in [0.4, 0.5) is 4.39 Å². The van der Waals surface area contributed by atoms with Gasteiger partial charge < -0.3 is 5.73 Å². The Bertz CT molecular complexity index is 495. The second-order valence-electron chi connectivity index (χ2n) is 5.55. The zero-order valence-corrected chi connectivity index (χ0v) is 12.0. The first-order valence-corrected chi connectivity index (χ1v) is 7.31. The van der Waals surface area contributed by atoms with Crippen LogP contribution in [0.3, 0.4) is 0 Å². The van der Waals surface area contributed by atoms with Crippen molar-refractivity contribution in [1.82, 2.24) is 4.90 Å². The van der Waals surface area contributed by atoms with E-state index in [1.54, 1.807) is 12.1 Å². The van der Waals surface area contributed by atoms with E-state index >= 15 is 0 Å². The Hall–Kier alpha value is -1.44. The number of hydrogen-bond donors (Lipinski definition) is 1. The Morgan fingerprint density at radius 2 is 2.30 bits per heavy atom. The molecular weight excluding hydrogens is 253 g/mol. The zero-order chi connectivity index (χ0) is 14.5. The maximum atomic E-state index is 14.1. The van der Waals surface area contributed by atoms with Crippen LogP contribution in [0.5, 0.6) is 0 Å². The van der Waals surface area contributed by atoms with Gasteiger partial charge in [-0.25, -0.2) is 4.39 Å². The molecule has 2 rings (SSSR count). The Labute approximate surface area is 120 Å². The standard InChI is InChI=1S/C16H22FN3/c1-2-12-6-7-20(15(8-12)10-19)11-14-5-3-4-13(9-18)16(14)17/h3-5,12,15H,2,6-8,10-11,19H2,1H3. The number of benzene rings is 1. The molecule has 0 aromatic heterocycles. The number of halogens is 1. The molecule has 0 saturated carbocycles. The van der Waals surface area contributed by atoms with Gasteiger partial charge >= 0.3 is 0 Å². The van der Waals surface area contributed by atoms with E-state index in [0.717, 1.165) is 25.3 Å². The van der Waals surface area contributed by atoms with Crippen LogP contribution in [0.2, 0.25) is 0 Å². The lowest BCUT2D eigenvalue weighted by molar-refractivity contribution is 0.106. The minimum Gasteiger partial charge on any atom is -0.329 e. The Kier molecular flexibility index (Phi) is 5.11. The smallest absolute Gasteiger partial charge is 0.145 e. The topological polar surface area (TPSA) is 53.0 Å². The molecule has 108 valence electrons. The van der Waals surface area contributed by atoms with Gasteiger partial charge in [-0.2, -0.15) is 5.26 Å². The third kappa shape index (κ3) is 3.17. The summed E-state index contributed by atoms with van der Waals surface area (Å²) < 4.78 is 14.1. The number of likely N-dealkylation sites (tertiary alicyclic amines) is 1. The molecule has 1 aromatic rings. The van der Waals surface area contributed by atoms with E-state index in [1.165, 1.54) is 12.5 Å². The molecule has 1 aliphatic rings. The molecule has 0 aliphatic carbocycles. The first-order valence-electron chi connectivity index (χ1n) is 7.31. The second kappa shape index (κ2) is 6.83. The van der Waals surface area contributed by atoms with Crippen molar-refractivity contribution in [3.8, 4) is 6.07 Å². The molecule has 0 amide bonds. The van der Waals surface area contributed by atoms with E-state index in [-0.39, 0.29) is 11.4 Å². The largest absolute Gasteiger partial charge is 0.329 e. The van der Waals surface area contributed by atoms with Crippen LogP contribution in [0, 0.1) is 23.1 Å². The summed E-state index contributed by atoms with van der Waals surface area (Å²) >= 11 is 0. The fourth-order valence-corrected chi connectivity index (χ4v) is 3.01. The molecule has 1 heterocycles. The van der Waals surface area contributed by atoms with Crippen molar-refractivity contribution in [2.45, 2.75) is 38.8 Å². The molecule has 1 fully saturated rings. The molecule has 0 bridgehead atoms. The summed E-state index contributed by atoms with van der Waals surface area (Å²) in [5, 5.41) is 8.89. The normalized spacial score (nSPS) is 23.5. The average Bonchev–Trinajstić information content (AvgIpc) is 2.49. The Balaban J connectivity index is 2.11. The zero-order valence-electron chi connectivity index (χ0n) is 12.0. The predicted molar refractivity (Wildman–Crippen MR) is 77.4 cm³/mol. The van der Waals surface area contributed by atoms with Gasteiger partial charge in [-0.15, -0.1) is 0 Å². The van der Waals surface area contributed by atoms with Gasteiger partial charge in [0, 0.05) is 24.7 Å². The summed E-state index contributed by atoms with van der Waals surface area (Å²) in [7, 11) is 0. The van der Waals surface area contributed by atoms with Crippen molar-refractivity contribution in [3.05, 3.63) is 35.1 Å². The van der Waals surface area contributed by atoms with Crippen LogP contribution in [0.25, 0.3) is 0 Å². The van der Waals surface area contributed by atoms with E-state index in [9.17, 15) is 4.39 Å². The lowest BCUT2D eigenvalue weighted by Crippen LogP contribution is -2.46. The molecule has 2 atom stereocenters. The summed E-state index contributed by atoms with van der Waals surface area (Å²) in [5.41, 5.74) is 6.59. The molecule has 0 spiro atoms. The number of hydrogen-bond acceptors (Lipinski definition) is 3. The summed E-state index contributed by atoms with van der Waals surface area (Å²) in [6.45, 7) is 4.32. The average molecular weight is 275 g/mol. The van der Waals surface area contributed by atoms with Crippen LogP contribution in [-0.4, -0.2) is 24.0 Å². The van der Waals surface area contributed by atoms with Crippen molar-refractivity contribution >= 4 is 0 Å². The third-order valence-electron chi connectivity index (χ3n) is 4.37. The molecule has 3 nitrogen and oxygen atoms in total. The van der Waals surface area contributed by atoms with Crippen molar-refractivity contribution in [3.63, 3.8) is 0 Å². The fourth-order valence-electron chi connectivity index (χ4n) is 3.01. The monoisotopic (exact) mass is 275 g/mol. The van der Waals surface area contributed by atoms with Crippen LogP contribution in [0.1, 0.15) is 37.3 Å². The van der Waals surface area contributed by atoms with E-state index in [4.69, 9.17) is 11.0 Å². The summed E-state index contributed by atoms with van der Waals surface area (Å²) in [6.07, 6.45) is 3.42. The van der Waals surface area contributed by atoms with Crippen molar-refractivity contribution < 1.29 is 4.39 Å². The van der Waals surface area contributed by atoms with Crippen molar-refractivity contribution in [2.24, 2.45) is 11.7 Å². The Morgan fingerprint density at radius 3 is 2.95 bits per heavy atom. The van der Waals surface area contributed by atoms with E-state index < -0.39 is 0 Å².